The molecule has 0 fully saturated rings. The number of amides is 2. The van der Waals surface area contributed by atoms with E-state index in [1.165, 1.54) is 47.4 Å². The van der Waals surface area contributed by atoms with Crippen LogP contribution in [0.15, 0.2) is 108 Å². The van der Waals surface area contributed by atoms with E-state index in [4.69, 9.17) is 5.73 Å². The summed E-state index contributed by atoms with van der Waals surface area (Å²) in [6.07, 6.45) is -4.92. The van der Waals surface area contributed by atoms with Crippen molar-refractivity contribution in [1.29, 1.82) is 0 Å². The first kappa shape index (κ1) is 27.6. The normalized spacial score (nSPS) is 11.6. The van der Waals surface area contributed by atoms with Crippen LogP contribution < -0.4 is 20.4 Å². The number of rotatable bonds is 7. The first-order valence-electron chi connectivity index (χ1n) is 11.4. The fraction of sp³-hybridized carbons (Fsp3) is 0.0370. The number of alkyl halides is 3. The summed E-state index contributed by atoms with van der Waals surface area (Å²) in [5, 5.41) is 16.4. The van der Waals surface area contributed by atoms with Crippen molar-refractivity contribution in [2.75, 3.05) is 9.91 Å². The summed E-state index contributed by atoms with van der Waals surface area (Å²) < 4.78 is 56.0. The van der Waals surface area contributed by atoms with Crippen molar-refractivity contribution in [1.82, 2.24) is 0 Å². The zero-order valence-corrected chi connectivity index (χ0v) is 20.3. The predicted octanol–water partition coefficient (Wildman–Crippen LogP) is 6.72. The number of halogens is 4. The molecule has 0 bridgehead atoms. The zero-order chi connectivity index (χ0) is 28.9. The van der Waals surface area contributed by atoms with Crippen LogP contribution in [0.3, 0.4) is 0 Å². The molecule has 0 aromatic heterocycles. The number of hydrazone groups is 1. The Bertz CT molecular complexity index is 1530. The van der Waals surface area contributed by atoms with Gasteiger partial charge in [-0.15, -0.1) is 18.3 Å². The number of anilines is 3. The Balaban J connectivity index is 1.91. The molecule has 0 spiro atoms. The summed E-state index contributed by atoms with van der Waals surface area (Å²) in [5.41, 5.74) is 6.43. The number of nitro groups is 1. The molecule has 0 saturated carbocycles. The van der Waals surface area contributed by atoms with Gasteiger partial charge in [-0.1, -0.05) is 30.3 Å². The molecule has 4 aromatic rings. The van der Waals surface area contributed by atoms with Gasteiger partial charge in [0.2, 0.25) is 0 Å². The van der Waals surface area contributed by atoms with Crippen LogP contribution in [-0.4, -0.2) is 23.2 Å². The highest BCUT2D eigenvalue weighted by atomic mass is 19.4. The molecule has 0 aliphatic heterocycles. The maximum Gasteiger partial charge on any atom is 0.573 e. The van der Waals surface area contributed by atoms with Crippen LogP contribution in [0.25, 0.3) is 0 Å². The second-order valence-electron chi connectivity index (χ2n) is 8.07. The molecule has 0 aliphatic carbocycles. The zero-order valence-electron chi connectivity index (χ0n) is 20.3. The van der Waals surface area contributed by atoms with E-state index < -0.39 is 28.9 Å². The van der Waals surface area contributed by atoms with Crippen molar-refractivity contribution < 1.29 is 32.0 Å². The third kappa shape index (κ3) is 6.69. The van der Waals surface area contributed by atoms with Gasteiger partial charge in [-0.25, -0.2) is 9.18 Å². The predicted molar refractivity (Wildman–Crippen MR) is 140 cm³/mol. The van der Waals surface area contributed by atoms with Crippen molar-refractivity contribution in [2.45, 2.75) is 6.36 Å². The lowest BCUT2D eigenvalue weighted by Crippen LogP contribution is -2.36. The SMILES string of the molecule is NC(=O)N(N=C(c1cccc(F)c1)N(c1ccccc1)c1ccc([N+](=O)[O-])cc1)c1ccc(OC(F)(F)F)cc1. The maximum atomic E-state index is 14.4. The Hall–Kier alpha value is -5.46. The summed E-state index contributed by atoms with van der Waals surface area (Å²) in [4.78, 5) is 24.7. The number of carbonyl (C=O) groups is 1. The molecule has 0 heterocycles. The average Bonchev–Trinajstić information content (AvgIpc) is 2.91. The monoisotopic (exact) mass is 553 g/mol. The minimum atomic E-state index is -4.92. The van der Waals surface area contributed by atoms with Gasteiger partial charge in [0.15, 0.2) is 5.84 Å². The minimum absolute atomic E-state index is 0.0207. The number of non-ortho nitro benzene ring substituents is 1. The van der Waals surface area contributed by atoms with Gasteiger partial charge >= 0.3 is 12.4 Å². The highest BCUT2D eigenvalue weighted by Crippen LogP contribution is 2.31. The fourth-order valence-corrected chi connectivity index (χ4v) is 3.67. The lowest BCUT2D eigenvalue weighted by atomic mass is 10.1. The highest BCUT2D eigenvalue weighted by Gasteiger charge is 2.31. The Morgan fingerprint density at radius 1 is 0.850 bits per heavy atom. The Morgan fingerprint density at radius 2 is 1.45 bits per heavy atom. The summed E-state index contributed by atoms with van der Waals surface area (Å²) in [5.74, 6) is -1.19. The number of para-hydroxylation sites is 1. The summed E-state index contributed by atoms with van der Waals surface area (Å²) >= 11 is 0. The van der Waals surface area contributed by atoms with Gasteiger partial charge in [0, 0.05) is 29.1 Å². The Morgan fingerprint density at radius 3 is 2.00 bits per heavy atom. The number of benzene rings is 4. The third-order valence-electron chi connectivity index (χ3n) is 5.35. The van der Waals surface area contributed by atoms with Crippen molar-refractivity contribution in [2.24, 2.45) is 10.8 Å². The Labute approximate surface area is 224 Å². The van der Waals surface area contributed by atoms with E-state index >= 15 is 0 Å². The van der Waals surface area contributed by atoms with Gasteiger partial charge in [0.05, 0.1) is 10.6 Å². The summed E-state index contributed by atoms with van der Waals surface area (Å²) in [6.45, 7) is 0. The number of primary amides is 1. The smallest absolute Gasteiger partial charge is 0.406 e. The maximum absolute atomic E-state index is 14.4. The molecule has 0 saturated heterocycles. The molecule has 0 radical (unpaired) electrons. The van der Waals surface area contributed by atoms with E-state index in [1.54, 1.807) is 30.3 Å². The van der Waals surface area contributed by atoms with Crippen LogP contribution in [0.4, 0.5) is 45.1 Å². The largest absolute Gasteiger partial charge is 0.573 e. The first-order valence-corrected chi connectivity index (χ1v) is 11.4. The van der Waals surface area contributed by atoms with Crippen molar-refractivity contribution in [3.63, 3.8) is 0 Å². The van der Waals surface area contributed by atoms with E-state index in [0.717, 1.165) is 35.3 Å². The highest BCUT2D eigenvalue weighted by molar-refractivity contribution is 6.15. The van der Waals surface area contributed by atoms with E-state index in [-0.39, 0.29) is 22.8 Å². The number of nitrogens with two attached hydrogens (primary N) is 1. The standard InChI is InChI=1S/C27H19F4N5O4/c28-19-6-4-5-18(17-19)25(33-35(26(32)37)22-13-15-24(16-14-22)40-27(29,30)31)34(20-7-2-1-3-8-20)21-9-11-23(12-10-21)36(38)39/h1-17H,(H2,32,37). The molecule has 40 heavy (non-hydrogen) atoms. The van der Waals surface area contributed by atoms with Gasteiger partial charge in [-0.05, 0) is 60.7 Å². The molecule has 4 aromatic carbocycles. The number of nitro benzene ring substituents is 1. The summed E-state index contributed by atoms with van der Waals surface area (Å²) in [6, 6.07) is 22.4. The first-order chi connectivity index (χ1) is 19.0. The van der Waals surface area contributed by atoms with Crippen LogP contribution >= 0.6 is 0 Å². The van der Waals surface area contributed by atoms with E-state index in [9.17, 15) is 32.5 Å². The van der Waals surface area contributed by atoms with Crippen LogP contribution in [-0.2, 0) is 0 Å². The van der Waals surface area contributed by atoms with E-state index in [1.807, 2.05) is 0 Å². The van der Waals surface area contributed by atoms with Crippen LogP contribution in [0.2, 0.25) is 0 Å². The number of nitrogens with zero attached hydrogens (tertiary/aromatic N) is 4. The number of hydrogen-bond acceptors (Lipinski definition) is 5. The molecule has 0 unspecified atom stereocenters. The number of amidine groups is 1. The van der Waals surface area contributed by atoms with E-state index in [2.05, 4.69) is 9.84 Å². The van der Waals surface area contributed by atoms with Gasteiger partial charge in [0.1, 0.15) is 11.6 Å². The second-order valence-corrected chi connectivity index (χ2v) is 8.07. The van der Waals surface area contributed by atoms with Crippen LogP contribution in [0, 0.1) is 15.9 Å². The van der Waals surface area contributed by atoms with Gasteiger partial charge < -0.3 is 10.5 Å². The van der Waals surface area contributed by atoms with Crippen molar-refractivity contribution in [3.8, 4) is 5.75 Å². The molecule has 204 valence electrons. The molecule has 2 N–H and O–H groups in total. The van der Waals surface area contributed by atoms with Crippen molar-refractivity contribution in [3.05, 3.63) is 125 Å². The molecule has 0 atom stereocenters. The average molecular weight is 553 g/mol. The number of hydrogen-bond donors (Lipinski definition) is 1. The van der Waals surface area contributed by atoms with Crippen molar-refractivity contribution >= 4 is 34.6 Å². The number of urea groups is 1. The minimum Gasteiger partial charge on any atom is -0.406 e. The molecule has 4 rings (SSSR count). The van der Waals surface area contributed by atoms with Crippen LogP contribution in [0.5, 0.6) is 5.75 Å². The summed E-state index contributed by atoms with van der Waals surface area (Å²) in [7, 11) is 0. The lowest BCUT2D eigenvalue weighted by molar-refractivity contribution is -0.384. The molecular weight excluding hydrogens is 534 g/mol. The molecule has 0 aliphatic rings. The molecule has 2 amide bonds. The molecule has 13 heteroatoms. The van der Waals surface area contributed by atoms with E-state index in [0.29, 0.717) is 11.4 Å². The number of ether oxygens (including phenoxy) is 1. The lowest BCUT2D eigenvalue weighted by Gasteiger charge is -2.28. The molecule has 9 nitrogen and oxygen atoms in total. The Kier molecular flexibility index (Phi) is 7.94. The molecular formula is C27H19F4N5O4. The quantitative estimate of drug-likeness (QED) is 0.0898. The third-order valence-corrected chi connectivity index (χ3v) is 5.35. The number of carbonyl (C=O) groups excluding carboxylic acids is 1. The fourth-order valence-electron chi connectivity index (χ4n) is 3.67. The van der Waals surface area contributed by atoms with Gasteiger partial charge in [-0.2, -0.15) is 5.01 Å². The van der Waals surface area contributed by atoms with Crippen LogP contribution in [0.1, 0.15) is 5.56 Å². The van der Waals surface area contributed by atoms with Gasteiger partial charge in [0.25, 0.3) is 5.69 Å². The topological polar surface area (TPSA) is 114 Å². The second kappa shape index (κ2) is 11.5. The van der Waals surface area contributed by atoms with Gasteiger partial charge in [-0.3, -0.25) is 15.0 Å².